The van der Waals surface area contributed by atoms with Crippen molar-refractivity contribution in [1.82, 2.24) is 4.98 Å². The van der Waals surface area contributed by atoms with Crippen LogP contribution in [0.2, 0.25) is 0 Å². The molecule has 136 valence electrons. The molecule has 0 bridgehead atoms. The predicted molar refractivity (Wildman–Crippen MR) is 117 cm³/mol. The van der Waals surface area contributed by atoms with Crippen LogP contribution >= 0.6 is 0 Å². The summed E-state index contributed by atoms with van der Waals surface area (Å²) in [6.45, 7) is 11.3. The molecule has 0 unspecified atom stereocenters. The number of aromatic nitrogens is 1. The summed E-state index contributed by atoms with van der Waals surface area (Å²) in [7, 11) is 0. The summed E-state index contributed by atoms with van der Waals surface area (Å²) in [6, 6.07) is 22.2. The van der Waals surface area contributed by atoms with Crippen LogP contribution in [0.4, 0.5) is 0 Å². The van der Waals surface area contributed by atoms with Gasteiger partial charge in [0.2, 0.25) is 0 Å². The van der Waals surface area contributed by atoms with Crippen molar-refractivity contribution in [2.45, 2.75) is 46.0 Å². The molecule has 0 amide bonds. The van der Waals surface area contributed by atoms with Crippen molar-refractivity contribution in [3.05, 3.63) is 78.0 Å². The third-order valence-electron chi connectivity index (χ3n) is 5.40. The quantitative estimate of drug-likeness (QED) is 0.364. The van der Waals surface area contributed by atoms with Gasteiger partial charge < -0.3 is 0 Å². The minimum absolute atomic E-state index is 0.0744. The first kappa shape index (κ1) is 17.7. The average molecular weight is 354 g/mol. The molecule has 0 saturated heterocycles. The van der Waals surface area contributed by atoms with Gasteiger partial charge in [0.15, 0.2) is 0 Å². The molecule has 3 aromatic carbocycles. The van der Waals surface area contributed by atoms with E-state index in [2.05, 4.69) is 95.3 Å². The molecule has 0 atom stereocenters. The first-order chi connectivity index (χ1) is 12.8. The van der Waals surface area contributed by atoms with E-state index >= 15 is 0 Å². The first-order valence-corrected chi connectivity index (χ1v) is 9.77. The van der Waals surface area contributed by atoms with Crippen LogP contribution in [0.1, 0.15) is 51.7 Å². The van der Waals surface area contributed by atoms with E-state index in [4.69, 9.17) is 4.98 Å². The fourth-order valence-corrected chi connectivity index (χ4v) is 3.85. The van der Waals surface area contributed by atoms with Crippen LogP contribution in [-0.4, -0.2) is 4.98 Å². The van der Waals surface area contributed by atoms with Crippen LogP contribution in [-0.2, 0) is 5.41 Å². The van der Waals surface area contributed by atoms with Gasteiger partial charge in [0, 0.05) is 17.1 Å². The molecule has 1 nitrogen and oxygen atoms in total. The lowest BCUT2D eigenvalue weighted by atomic mass is 9.82. The van der Waals surface area contributed by atoms with Gasteiger partial charge in [0.1, 0.15) is 0 Å². The average Bonchev–Trinajstić information content (AvgIpc) is 2.65. The molecule has 1 aromatic heterocycles. The third-order valence-corrected chi connectivity index (χ3v) is 5.40. The number of nitrogens with zero attached hydrogens (tertiary/aromatic N) is 1. The minimum Gasteiger partial charge on any atom is -0.256 e. The highest BCUT2D eigenvalue weighted by Gasteiger charge is 2.19. The van der Waals surface area contributed by atoms with Crippen molar-refractivity contribution in [3.8, 4) is 11.3 Å². The van der Waals surface area contributed by atoms with E-state index < -0.39 is 0 Å². The molecule has 0 fully saturated rings. The maximum Gasteiger partial charge on any atom is 0.0780 e. The second-order valence-electron chi connectivity index (χ2n) is 8.79. The van der Waals surface area contributed by atoms with Crippen molar-refractivity contribution in [2.75, 3.05) is 0 Å². The maximum atomic E-state index is 4.78. The van der Waals surface area contributed by atoms with Gasteiger partial charge >= 0.3 is 0 Å². The Morgan fingerprint density at radius 1 is 0.778 bits per heavy atom. The van der Waals surface area contributed by atoms with E-state index in [-0.39, 0.29) is 5.41 Å². The Labute approximate surface area is 162 Å². The zero-order valence-corrected chi connectivity index (χ0v) is 16.9. The van der Waals surface area contributed by atoms with Gasteiger partial charge in [-0.25, -0.2) is 0 Å². The zero-order chi connectivity index (χ0) is 19.2. The van der Waals surface area contributed by atoms with Crippen molar-refractivity contribution < 1.29 is 0 Å². The van der Waals surface area contributed by atoms with Gasteiger partial charge in [0.25, 0.3) is 0 Å². The van der Waals surface area contributed by atoms with Gasteiger partial charge in [-0.1, -0.05) is 77.1 Å². The molecular weight excluding hydrogens is 326 g/mol. The third kappa shape index (κ3) is 3.23. The summed E-state index contributed by atoms with van der Waals surface area (Å²) in [5, 5.41) is 5.09. The topological polar surface area (TPSA) is 12.9 Å². The SMILES string of the molecule is CC(C)c1ccc2c(-c3cc(C(C)(C)C)c4ccccc4c3)nccc2c1. The van der Waals surface area contributed by atoms with E-state index in [0.717, 1.165) is 5.69 Å². The standard InChI is InChI=1S/C26H27N/c1-17(2)18-10-11-23-20(14-18)12-13-27-25(23)21-15-19-8-6-7-9-22(19)24(16-21)26(3,4)5/h6-17H,1-5H3. The van der Waals surface area contributed by atoms with E-state index in [1.807, 2.05) is 6.20 Å². The first-order valence-electron chi connectivity index (χ1n) is 9.77. The number of pyridine rings is 1. The van der Waals surface area contributed by atoms with Gasteiger partial charge in [-0.05, 0) is 56.8 Å². The number of fused-ring (bicyclic) bond motifs is 2. The highest BCUT2D eigenvalue weighted by atomic mass is 14.7. The normalized spacial score (nSPS) is 12.2. The van der Waals surface area contributed by atoms with Crippen LogP contribution in [0, 0.1) is 0 Å². The van der Waals surface area contributed by atoms with E-state index in [9.17, 15) is 0 Å². The Morgan fingerprint density at radius 3 is 2.26 bits per heavy atom. The van der Waals surface area contributed by atoms with Crippen molar-refractivity contribution in [2.24, 2.45) is 0 Å². The Morgan fingerprint density at radius 2 is 1.52 bits per heavy atom. The number of hydrogen-bond acceptors (Lipinski definition) is 1. The van der Waals surface area contributed by atoms with Crippen LogP contribution < -0.4 is 0 Å². The van der Waals surface area contributed by atoms with Crippen molar-refractivity contribution in [3.63, 3.8) is 0 Å². The second kappa shape index (κ2) is 6.49. The lowest BCUT2D eigenvalue weighted by Gasteiger charge is -2.23. The minimum atomic E-state index is 0.0744. The summed E-state index contributed by atoms with van der Waals surface area (Å²) >= 11 is 0. The molecule has 0 aliphatic heterocycles. The summed E-state index contributed by atoms with van der Waals surface area (Å²) in [5.74, 6) is 0.527. The summed E-state index contributed by atoms with van der Waals surface area (Å²) < 4.78 is 0. The molecule has 4 rings (SSSR count). The maximum absolute atomic E-state index is 4.78. The zero-order valence-electron chi connectivity index (χ0n) is 16.9. The molecule has 1 heterocycles. The largest absolute Gasteiger partial charge is 0.256 e. The van der Waals surface area contributed by atoms with Gasteiger partial charge in [-0.3, -0.25) is 4.98 Å². The molecule has 27 heavy (non-hydrogen) atoms. The molecule has 0 aliphatic rings. The van der Waals surface area contributed by atoms with E-state index in [1.165, 1.54) is 38.2 Å². The molecule has 0 spiro atoms. The highest BCUT2D eigenvalue weighted by Crippen LogP contribution is 2.36. The number of rotatable bonds is 2. The Kier molecular flexibility index (Phi) is 4.26. The van der Waals surface area contributed by atoms with E-state index in [1.54, 1.807) is 0 Å². The van der Waals surface area contributed by atoms with Gasteiger partial charge in [-0.2, -0.15) is 0 Å². The number of hydrogen-bond donors (Lipinski definition) is 0. The van der Waals surface area contributed by atoms with Crippen molar-refractivity contribution in [1.29, 1.82) is 0 Å². The Balaban J connectivity index is 2.00. The van der Waals surface area contributed by atoms with Gasteiger partial charge in [0.05, 0.1) is 5.69 Å². The van der Waals surface area contributed by atoms with Crippen molar-refractivity contribution >= 4 is 21.5 Å². The molecule has 0 saturated carbocycles. The van der Waals surface area contributed by atoms with Crippen LogP contribution in [0.3, 0.4) is 0 Å². The fourth-order valence-electron chi connectivity index (χ4n) is 3.85. The summed E-state index contributed by atoms with van der Waals surface area (Å²) in [4.78, 5) is 4.78. The molecular formula is C26H27N. The molecule has 4 aromatic rings. The molecule has 0 radical (unpaired) electrons. The van der Waals surface area contributed by atoms with Gasteiger partial charge in [-0.15, -0.1) is 0 Å². The second-order valence-corrected chi connectivity index (χ2v) is 8.79. The molecule has 0 N–H and O–H groups in total. The monoisotopic (exact) mass is 353 g/mol. The lowest BCUT2D eigenvalue weighted by molar-refractivity contribution is 0.596. The summed E-state index contributed by atoms with van der Waals surface area (Å²) in [6.07, 6.45) is 1.94. The Bertz CT molecular complexity index is 1130. The lowest BCUT2D eigenvalue weighted by Crippen LogP contribution is -2.12. The Hall–Kier alpha value is -2.67. The highest BCUT2D eigenvalue weighted by molar-refractivity contribution is 5.98. The molecule has 1 heteroatoms. The van der Waals surface area contributed by atoms with Crippen LogP contribution in [0.25, 0.3) is 32.8 Å². The van der Waals surface area contributed by atoms with Crippen LogP contribution in [0.15, 0.2) is 66.9 Å². The predicted octanol–water partition coefficient (Wildman–Crippen LogP) is 7.48. The fraction of sp³-hybridized carbons (Fsp3) is 0.269. The molecule has 0 aliphatic carbocycles. The smallest absolute Gasteiger partial charge is 0.0780 e. The summed E-state index contributed by atoms with van der Waals surface area (Å²) in [5.41, 5.74) is 5.08. The van der Waals surface area contributed by atoms with E-state index in [0.29, 0.717) is 5.92 Å². The number of benzene rings is 3. The van der Waals surface area contributed by atoms with Crippen LogP contribution in [0.5, 0.6) is 0 Å².